The van der Waals surface area contributed by atoms with Crippen LogP contribution in [0.3, 0.4) is 0 Å². The predicted octanol–water partition coefficient (Wildman–Crippen LogP) is 2.96. The molecular formula is C12H11FN2S. The summed E-state index contributed by atoms with van der Waals surface area (Å²) in [5.41, 5.74) is 1.79. The van der Waals surface area contributed by atoms with Crippen LogP contribution in [-0.2, 0) is 0 Å². The van der Waals surface area contributed by atoms with Crippen LogP contribution in [0.5, 0.6) is 0 Å². The van der Waals surface area contributed by atoms with Gasteiger partial charge in [-0.3, -0.25) is 0 Å². The zero-order chi connectivity index (χ0) is 11.5. The molecule has 4 heteroatoms. The molecule has 2 nitrogen and oxygen atoms in total. The molecule has 16 heavy (non-hydrogen) atoms. The van der Waals surface area contributed by atoms with Crippen LogP contribution in [0.15, 0.2) is 34.9 Å². The maximum atomic E-state index is 12.8. The predicted molar refractivity (Wildman–Crippen MR) is 63.0 cm³/mol. The Morgan fingerprint density at radius 3 is 2.62 bits per heavy atom. The number of thioether (sulfide) groups is 1. The maximum absolute atomic E-state index is 12.8. The first-order valence-corrected chi connectivity index (χ1v) is 6.16. The van der Waals surface area contributed by atoms with Gasteiger partial charge in [-0.1, -0.05) is 12.1 Å². The molecule has 0 aromatic heterocycles. The van der Waals surface area contributed by atoms with Crippen molar-refractivity contribution in [2.75, 3.05) is 6.26 Å². The SMILES string of the molecule is CSC1=C(C#N)CC(c2ccc(F)cc2)N1. The third-order valence-corrected chi connectivity index (χ3v) is 3.37. The highest BCUT2D eigenvalue weighted by atomic mass is 32.2. The van der Waals surface area contributed by atoms with E-state index < -0.39 is 0 Å². The zero-order valence-corrected chi connectivity index (χ0v) is 9.64. The molecule has 0 radical (unpaired) electrons. The topological polar surface area (TPSA) is 35.8 Å². The lowest BCUT2D eigenvalue weighted by molar-refractivity contribution is 0.620. The number of rotatable bonds is 2. The largest absolute Gasteiger partial charge is 0.372 e. The highest BCUT2D eigenvalue weighted by Gasteiger charge is 2.24. The number of nitriles is 1. The van der Waals surface area contributed by atoms with Crippen molar-refractivity contribution in [3.05, 3.63) is 46.2 Å². The fraction of sp³-hybridized carbons (Fsp3) is 0.250. The lowest BCUT2D eigenvalue weighted by Crippen LogP contribution is -2.12. The van der Waals surface area contributed by atoms with Gasteiger partial charge in [-0.05, 0) is 24.0 Å². The van der Waals surface area contributed by atoms with Crippen molar-refractivity contribution in [3.8, 4) is 6.07 Å². The number of halogens is 1. The lowest BCUT2D eigenvalue weighted by atomic mass is 10.0. The lowest BCUT2D eigenvalue weighted by Gasteiger charge is -2.12. The second kappa shape index (κ2) is 4.58. The summed E-state index contributed by atoms with van der Waals surface area (Å²) < 4.78 is 12.8. The van der Waals surface area contributed by atoms with E-state index in [0.29, 0.717) is 6.42 Å². The fourth-order valence-corrected chi connectivity index (χ4v) is 2.40. The summed E-state index contributed by atoms with van der Waals surface area (Å²) in [4.78, 5) is 0. The highest BCUT2D eigenvalue weighted by molar-refractivity contribution is 8.02. The molecular weight excluding hydrogens is 223 g/mol. The number of nitrogens with zero attached hydrogens (tertiary/aromatic N) is 1. The van der Waals surface area contributed by atoms with Gasteiger partial charge in [0.15, 0.2) is 0 Å². The quantitative estimate of drug-likeness (QED) is 0.854. The van der Waals surface area contributed by atoms with Gasteiger partial charge in [0.1, 0.15) is 5.82 Å². The molecule has 1 N–H and O–H groups in total. The van der Waals surface area contributed by atoms with Gasteiger partial charge in [-0.2, -0.15) is 5.26 Å². The van der Waals surface area contributed by atoms with Crippen molar-refractivity contribution in [2.45, 2.75) is 12.5 Å². The van der Waals surface area contributed by atoms with Gasteiger partial charge in [0.25, 0.3) is 0 Å². The Morgan fingerprint density at radius 2 is 2.12 bits per heavy atom. The molecule has 0 fully saturated rings. The number of benzene rings is 1. The van der Waals surface area contributed by atoms with Crippen LogP contribution in [0.2, 0.25) is 0 Å². The average Bonchev–Trinajstić information content (AvgIpc) is 2.73. The molecule has 1 aromatic carbocycles. The molecule has 82 valence electrons. The average molecular weight is 234 g/mol. The van der Waals surface area contributed by atoms with Crippen LogP contribution >= 0.6 is 11.8 Å². The minimum atomic E-state index is -0.236. The first kappa shape index (κ1) is 11.0. The first-order valence-electron chi connectivity index (χ1n) is 4.94. The normalized spacial score (nSPS) is 19.4. The summed E-state index contributed by atoms with van der Waals surface area (Å²) in [5.74, 6) is -0.236. The van der Waals surface area contributed by atoms with Crippen LogP contribution in [0.1, 0.15) is 18.0 Å². The maximum Gasteiger partial charge on any atom is 0.123 e. The number of nitrogens with one attached hydrogen (secondary N) is 1. The summed E-state index contributed by atoms with van der Waals surface area (Å²) in [6.45, 7) is 0. The van der Waals surface area contributed by atoms with E-state index in [0.717, 1.165) is 16.2 Å². The second-order valence-electron chi connectivity index (χ2n) is 3.58. The standard InChI is InChI=1S/C12H11FN2S/c1-16-12-9(7-14)6-11(15-12)8-2-4-10(13)5-3-8/h2-5,11,15H,6H2,1H3. The van der Waals surface area contributed by atoms with Crippen LogP contribution in [0.4, 0.5) is 4.39 Å². The van der Waals surface area contributed by atoms with Gasteiger partial charge in [0, 0.05) is 6.42 Å². The Balaban J connectivity index is 2.17. The van der Waals surface area contributed by atoms with Crippen molar-refractivity contribution >= 4 is 11.8 Å². The molecule has 0 bridgehead atoms. The van der Waals surface area contributed by atoms with Crippen molar-refractivity contribution in [1.29, 1.82) is 5.26 Å². The van der Waals surface area contributed by atoms with E-state index >= 15 is 0 Å². The molecule has 1 heterocycles. The minimum absolute atomic E-state index is 0.0951. The molecule has 0 aliphatic carbocycles. The molecule has 0 amide bonds. The van der Waals surface area contributed by atoms with E-state index in [-0.39, 0.29) is 11.9 Å². The Hall–Kier alpha value is -1.47. The van der Waals surface area contributed by atoms with Crippen LogP contribution < -0.4 is 5.32 Å². The molecule has 1 unspecified atom stereocenters. The zero-order valence-electron chi connectivity index (χ0n) is 8.83. The van der Waals surface area contributed by atoms with Crippen molar-refractivity contribution in [3.63, 3.8) is 0 Å². The molecule has 1 atom stereocenters. The summed E-state index contributed by atoms with van der Waals surface area (Å²) in [6, 6.07) is 8.69. The molecule has 0 saturated carbocycles. The van der Waals surface area contributed by atoms with Crippen molar-refractivity contribution in [2.24, 2.45) is 0 Å². The Labute approximate surface area is 98.2 Å². The Kier molecular flexibility index (Phi) is 3.16. The monoisotopic (exact) mass is 234 g/mol. The summed E-state index contributed by atoms with van der Waals surface area (Å²) >= 11 is 1.54. The van der Waals surface area contributed by atoms with E-state index in [4.69, 9.17) is 5.26 Å². The minimum Gasteiger partial charge on any atom is -0.372 e. The summed E-state index contributed by atoms with van der Waals surface area (Å²) in [7, 11) is 0. The van der Waals surface area contributed by atoms with Crippen LogP contribution in [0, 0.1) is 17.1 Å². The molecule has 1 aromatic rings. The van der Waals surface area contributed by atoms with E-state index in [1.165, 1.54) is 23.9 Å². The Bertz CT molecular complexity index is 459. The smallest absolute Gasteiger partial charge is 0.123 e. The summed E-state index contributed by atoms with van der Waals surface area (Å²) in [6.07, 6.45) is 2.62. The third-order valence-electron chi connectivity index (χ3n) is 2.60. The van der Waals surface area contributed by atoms with Gasteiger partial charge in [-0.25, -0.2) is 4.39 Å². The number of hydrogen-bond donors (Lipinski definition) is 1. The van der Waals surface area contributed by atoms with Gasteiger partial charge in [-0.15, -0.1) is 11.8 Å². The van der Waals surface area contributed by atoms with Gasteiger partial charge in [0.2, 0.25) is 0 Å². The third kappa shape index (κ3) is 2.05. The van der Waals surface area contributed by atoms with Crippen molar-refractivity contribution < 1.29 is 4.39 Å². The van der Waals surface area contributed by atoms with Crippen LogP contribution in [-0.4, -0.2) is 6.26 Å². The van der Waals surface area contributed by atoms with E-state index in [9.17, 15) is 4.39 Å². The molecule has 0 spiro atoms. The van der Waals surface area contributed by atoms with E-state index in [1.54, 1.807) is 12.1 Å². The van der Waals surface area contributed by atoms with Crippen molar-refractivity contribution in [1.82, 2.24) is 5.32 Å². The van der Waals surface area contributed by atoms with Gasteiger partial charge >= 0.3 is 0 Å². The van der Waals surface area contributed by atoms with E-state index in [2.05, 4.69) is 11.4 Å². The highest BCUT2D eigenvalue weighted by Crippen LogP contribution is 2.33. The molecule has 1 aliphatic rings. The summed E-state index contributed by atoms with van der Waals surface area (Å²) in [5, 5.41) is 13.2. The number of hydrogen-bond acceptors (Lipinski definition) is 3. The van der Waals surface area contributed by atoms with Gasteiger partial charge in [0.05, 0.1) is 22.7 Å². The van der Waals surface area contributed by atoms with Crippen LogP contribution in [0.25, 0.3) is 0 Å². The molecule has 2 rings (SSSR count). The van der Waals surface area contributed by atoms with Gasteiger partial charge < -0.3 is 5.32 Å². The Morgan fingerprint density at radius 1 is 1.44 bits per heavy atom. The first-order chi connectivity index (χ1) is 7.74. The molecule has 0 saturated heterocycles. The second-order valence-corrected chi connectivity index (χ2v) is 4.39. The molecule has 1 aliphatic heterocycles. The fourth-order valence-electron chi connectivity index (χ4n) is 1.77. The van der Waals surface area contributed by atoms with E-state index in [1.807, 2.05) is 6.26 Å².